The van der Waals surface area contributed by atoms with E-state index in [0.717, 1.165) is 12.1 Å². The molecule has 1 aliphatic heterocycles. The van der Waals surface area contributed by atoms with Crippen molar-refractivity contribution in [3.05, 3.63) is 35.4 Å². The van der Waals surface area contributed by atoms with Gasteiger partial charge in [-0.05, 0) is 44.0 Å². The summed E-state index contributed by atoms with van der Waals surface area (Å²) < 4.78 is 37.9. The summed E-state index contributed by atoms with van der Waals surface area (Å²) in [6.07, 6.45) is -3.29. The van der Waals surface area contributed by atoms with Gasteiger partial charge in [-0.3, -0.25) is 0 Å². The van der Waals surface area contributed by atoms with Gasteiger partial charge in [-0.15, -0.1) is 0 Å². The average Bonchev–Trinajstić information content (AvgIpc) is 2.27. The highest BCUT2D eigenvalue weighted by atomic mass is 19.4. The minimum atomic E-state index is -4.33. The molecule has 0 saturated carbocycles. The Balaban J connectivity index is 2.23. The summed E-state index contributed by atoms with van der Waals surface area (Å²) in [5.41, 5.74) is -0.888. The molecule has 100 valence electrons. The normalized spacial score (nSPS) is 29.3. The topological polar surface area (TPSA) is 32.3 Å². The number of halogens is 3. The number of aliphatic hydroxyl groups is 1. The van der Waals surface area contributed by atoms with Crippen LogP contribution in [0, 0.1) is 0 Å². The van der Waals surface area contributed by atoms with Gasteiger partial charge in [0.25, 0.3) is 0 Å². The molecule has 0 aliphatic carbocycles. The van der Waals surface area contributed by atoms with Crippen LogP contribution in [0.3, 0.4) is 0 Å². The molecule has 2 nitrogen and oxygen atoms in total. The quantitative estimate of drug-likeness (QED) is 0.812. The van der Waals surface area contributed by atoms with Gasteiger partial charge in [-0.1, -0.05) is 12.1 Å². The van der Waals surface area contributed by atoms with Crippen LogP contribution in [-0.2, 0) is 6.18 Å². The number of alkyl halides is 3. The second-order valence-corrected chi connectivity index (χ2v) is 5.08. The fraction of sp³-hybridized carbons (Fsp3) is 0.538. The van der Waals surface area contributed by atoms with Crippen LogP contribution in [0.15, 0.2) is 24.3 Å². The molecule has 2 unspecified atom stereocenters. The predicted molar refractivity (Wildman–Crippen MR) is 62.0 cm³/mol. The summed E-state index contributed by atoms with van der Waals surface area (Å²) in [5, 5.41) is 13.1. The molecule has 0 radical (unpaired) electrons. The van der Waals surface area contributed by atoms with Gasteiger partial charge in [0.05, 0.1) is 11.2 Å². The van der Waals surface area contributed by atoms with E-state index >= 15 is 0 Å². The van der Waals surface area contributed by atoms with Gasteiger partial charge in [0, 0.05) is 6.04 Å². The van der Waals surface area contributed by atoms with Gasteiger partial charge in [-0.25, -0.2) is 0 Å². The van der Waals surface area contributed by atoms with Crippen molar-refractivity contribution in [3.8, 4) is 0 Å². The lowest BCUT2D eigenvalue weighted by molar-refractivity contribution is -0.137. The standard InChI is InChI=1S/C13H16F3NO/c1-12(18)5-6-17-11(8-12)9-3-2-4-10(7-9)13(14,15)16/h2-4,7,11,17-18H,5-6,8H2,1H3. The van der Waals surface area contributed by atoms with Crippen molar-refractivity contribution in [3.63, 3.8) is 0 Å². The molecule has 2 atom stereocenters. The van der Waals surface area contributed by atoms with Crippen LogP contribution in [0.5, 0.6) is 0 Å². The third-order valence-electron chi connectivity index (χ3n) is 3.31. The largest absolute Gasteiger partial charge is 0.416 e. The Labute approximate surface area is 104 Å². The van der Waals surface area contributed by atoms with Crippen molar-refractivity contribution >= 4 is 0 Å². The first kappa shape index (κ1) is 13.4. The van der Waals surface area contributed by atoms with Crippen molar-refractivity contribution in [2.75, 3.05) is 6.54 Å². The highest BCUT2D eigenvalue weighted by Crippen LogP contribution is 2.34. The zero-order valence-corrected chi connectivity index (χ0v) is 10.1. The van der Waals surface area contributed by atoms with Crippen LogP contribution in [0.2, 0.25) is 0 Å². The summed E-state index contributed by atoms with van der Waals surface area (Å²) in [4.78, 5) is 0. The van der Waals surface area contributed by atoms with Crippen LogP contribution in [0.1, 0.15) is 36.9 Å². The fourth-order valence-corrected chi connectivity index (χ4v) is 2.30. The molecule has 1 aromatic carbocycles. The molecular formula is C13H16F3NO. The molecule has 2 rings (SSSR count). The fourth-order valence-electron chi connectivity index (χ4n) is 2.30. The van der Waals surface area contributed by atoms with Gasteiger partial charge >= 0.3 is 6.18 Å². The lowest BCUT2D eigenvalue weighted by Crippen LogP contribution is -2.41. The van der Waals surface area contributed by atoms with E-state index in [-0.39, 0.29) is 6.04 Å². The highest BCUT2D eigenvalue weighted by Gasteiger charge is 2.33. The zero-order chi connectivity index (χ0) is 13.4. The predicted octanol–water partition coefficient (Wildman–Crippen LogP) is 2.88. The second-order valence-electron chi connectivity index (χ2n) is 5.08. The number of piperidine rings is 1. The molecule has 18 heavy (non-hydrogen) atoms. The summed E-state index contributed by atoms with van der Waals surface area (Å²) in [6.45, 7) is 2.32. The van der Waals surface area contributed by atoms with Gasteiger partial charge in [0.1, 0.15) is 0 Å². The second kappa shape index (κ2) is 4.55. The third kappa shape index (κ3) is 3.03. The first-order valence-corrected chi connectivity index (χ1v) is 5.91. The molecular weight excluding hydrogens is 243 g/mol. The Morgan fingerprint density at radius 3 is 2.72 bits per heavy atom. The van der Waals surface area contributed by atoms with E-state index in [2.05, 4.69) is 5.32 Å². The summed E-state index contributed by atoms with van der Waals surface area (Å²) in [5.74, 6) is 0. The van der Waals surface area contributed by atoms with Crippen LogP contribution in [0.25, 0.3) is 0 Å². The minimum Gasteiger partial charge on any atom is -0.390 e. The lowest BCUT2D eigenvalue weighted by Gasteiger charge is -2.35. The molecule has 1 saturated heterocycles. The van der Waals surface area contributed by atoms with Crippen molar-refractivity contribution in [1.82, 2.24) is 5.32 Å². The first-order valence-electron chi connectivity index (χ1n) is 5.91. The average molecular weight is 259 g/mol. The molecule has 1 heterocycles. The van der Waals surface area contributed by atoms with E-state index in [0.29, 0.717) is 24.9 Å². The zero-order valence-electron chi connectivity index (χ0n) is 10.1. The SMILES string of the molecule is CC1(O)CCNC(c2cccc(C(F)(F)F)c2)C1. The minimum absolute atomic E-state index is 0.226. The van der Waals surface area contributed by atoms with Crippen LogP contribution < -0.4 is 5.32 Å². The van der Waals surface area contributed by atoms with E-state index in [1.807, 2.05) is 0 Å². The maximum Gasteiger partial charge on any atom is 0.416 e. The third-order valence-corrected chi connectivity index (χ3v) is 3.31. The van der Waals surface area contributed by atoms with Crippen molar-refractivity contribution < 1.29 is 18.3 Å². The van der Waals surface area contributed by atoms with Gasteiger partial charge < -0.3 is 10.4 Å². The molecule has 1 aliphatic rings. The Hall–Kier alpha value is -1.07. The van der Waals surface area contributed by atoms with Gasteiger partial charge in [-0.2, -0.15) is 13.2 Å². The molecule has 5 heteroatoms. The Morgan fingerprint density at radius 1 is 1.39 bits per heavy atom. The molecule has 2 N–H and O–H groups in total. The maximum absolute atomic E-state index is 12.6. The Bertz CT molecular complexity index is 428. The van der Waals surface area contributed by atoms with Crippen molar-refractivity contribution in [2.24, 2.45) is 0 Å². The van der Waals surface area contributed by atoms with E-state index in [1.54, 1.807) is 13.0 Å². The van der Waals surface area contributed by atoms with E-state index in [1.165, 1.54) is 6.07 Å². The molecule has 0 spiro atoms. The van der Waals surface area contributed by atoms with Crippen molar-refractivity contribution in [2.45, 2.75) is 37.6 Å². The maximum atomic E-state index is 12.6. The number of hydrogen-bond donors (Lipinski definition) is 2. The number of benzene rings is 1. The first-order chi connectivity index (χ1) is 8.28. The number of hydrogen-bond acceptors (Lipinski definition) is 2. The monoisotopic (exact) mass is 259 g/mol. The lowest BCUT2D eigenvalue weighted by atomic mass is 9.86. The summed E-state index contributed by atoms with van der Waals surface area (Å²) >= 11 is 0. The van der Waals surface area contributed by atoms with E-state index in [4.69, 9.17) is 0 Å². The summed E-state index contributed by atoms with van der Waals surface area (Å²) in [6, 6.07) is 5.05. The van der Waals surface area contributed by atoms with Crippen molar-refractivity contribution in [1.29, 1.82) is 0 Å². The van der Waals surface area contributed by atoms with E-state index in [9.17, 15) is 18.3 Å². The molecule has 1 fully saturated rings. The number of rotatable bonds is 1. The van der Waals surface area contributed by atoms with Crippen LogP contribution >= 0.6 is 0 Å². The smallest absolute Gasteiger partial charge is 0.390 e. The van der Waals surface area contributed by atoms with Gasteiger partial charge in [0.15, 0.2) is 0 Å². The molecule has 0 aromatic heterocycles. The van der Waals surface area contributed by atoms with Crippen LogP contribution in [-0.4, -0.2) is 17.3 Å². The molecule has 0 bridgehead atoms. The molecule has 1 aromatic rings. The summed E-state index contributed by atoms with van der Waals surface area (Å²) in [7, 11) is 0. The Morgan fingerprint density at radius 2 is 2.11 bits per heavy atom. The van der Waals surface area contributed by atoms with E-state index < -0.39 is 17.3 Å². The van der Waals surface area contributed by atoms with Crippen LogP contribution in [0.4, 0.5) is 13.2 Å². The number of nitrogens with one attached hydrogen (secondary N) is 1. The van der Waals surface area contributed by atoms with Gasteiger partial charge in [0.2, 0.25) is 0 Å². The molecule has 0 amide bonds. The highest BCUT2D eigenvalue weighted by molar-refractivity contribution is 5.28. The Kier molecular flexibility index (Phi) is 3.38.